The smallest absolute Gasteiger partial charge is 0.269 e. The summed E-state index contributed by atoms with van der Waals surface area (Å²) < 4.78 is 5.38. The van der Waals surface area contributed by atoms with Crippen LogP contribution < -0.4 is 10.2 Å². The number of non-ortho nitro benzene ring substituents is 1. The predicted molar refractivity (Wildman–Crippen MR) is 107 cm³/mol. The SMILES string of the molecule is Cc1cc(N2CCOCC2)ccc1NC(=O)CSc1ccc([N+](=O)[O-])cc1. The first-order chi connectivity index (χ1) is 13.0. The number of anilines is 2. The van der Waals surface area contributed by atoms with Crippen molar-refractivity contribution >= 4 is 34.7 Å². The van der Waals surface area contributed by atoms with E-state index in [0.29, 0.717) is 0 Å². The summed E-state index contributed by atoms with van der Waals surface area (Å²) in [6.45, 7) is 5.19. The van der Waals surface area contributed by atoms with Crippen molar-refractivity contribution in [3.05, 3.63) is 58.1 Å². The molecule has 2 aromatic rings. The summed E-state index contributed by atoms with van der Waals surface area (Å²) in [5.41, 5.74) is 2.97. The van der Waals surface area contributed by atoms with Crippen LogP contribution >= 0.6 is 11.8 Å². The highest BCUT2D eigenvalue weighted by molar-refractivity contribution is 8.00. The number of morpholine rings is 1. The summed E-state index contributed by atoms with van der Waals surface area (Å²) in [6.07, 6.45) is 0. The molecule has 1 heterocycles. The molecule has 0 bridgehead atoms. The van der Waals surface area contributed by atoms with Crippen LogP contribution in [-0.4, -0.2) is 42.9 Å². The minimum absolute atomic E-state index is 0.0415. The number of rotatable bonds is 6. The monoisotopic (exact) mass is 387 g/mol. The summed E-state index contributed by atoms with van der Waals surface area (Å²) in [5, 5.41) is 13.6. The van der Waals surface area contributed by atoms with Crippen molar-refractivity contribution in [3.63, 3.8) is 0 Å². The van der Waals surface area contributed by atoms with Crippen molar-refractivity contribution in [2.75, 3.05) is 42.3 Å². The number of hydrogen-bond donors (Lipinski definition) is 1. The second kappa shape index (κ2) is 8.88. The quantitative estimate of drug-likeness (QED) is 0.464. The number of aryl methyl sites for hydroxylation is 1. The van der Waals surface area contributed by atoms with Gasteiger partial charge in [-0.2, -0.15) is 0 Å². The Balaban J connectivity index is 1.54. The normalized spacial score (nSPS) is 14.0. The van der Waals surface area contributed by atoms with Crippen LogP contribution in [0.3, 0.4) is 0 Å². The first kappa shape index (κ1) is 19.2. The molecule has 0 unspecified atom stereocenters. The van der Waals surface area contributed by atoms with Gasteiger partial charge >= 0.3 is 0 Å². The van der Waals surface area contributed by atoms with Gasteiger partial charge in [-0.05, 0) is 42.8 Å². The molecule has 1 N–H and O–H groups in total. The van der Waals surface area contributed by atoms with E-state index in [0.717, 1.165) is 48.1 Å². The first-order valence-electron chi connectivity index (χ1n) is 8.63. The van der Waals surface area contributed by atoms with E-state index >= 15 is 0 Å². The molecular weight excluding hydrogens is 366 g/mol. The van der Waals surface area contributed by atoms with E-state index < -0.39 is 4.92 Å². The van der Waals surface area contributed by atoms with Crippen molar-refractivity contribution in [1.82, 2.24) is 0 Å². The number of nitrogens with zero attached hydrogens (tertiary/aromatic N) is 2. The molecule has 7 nitrogen and oxygen atoms in total. The van der Waals surface area contributed by atoms with Gasteiger partial charge in [0.05, 0.1) is 23.9 Å². The second-order valence-corrected chi connectivity index (χ2v) is 7.24. The number of hydrogen-bond acceptors (Lipinski definition) is 6. The molecule has 0 saturated carbocycles. The van der Waals surface area contributed by atoms with Crippen molar-refractivity contribution in [2.45, 2.75) is 11.8 Å². The van der Waals surface area contributed by atoms with E-state index in [-0.39, 0.29) is 17.3 Å². The molecule has 1 amide bonds. The zero-order chi connectivity index (χ0) is 19.2. The fourth-order valence-electron chi connectivity index (χ4n) is 2.81. The number of nitro groups is 1. The standard InChI is InChI=1S/C19H21N3O4S/c1-14-12-16(21-8-10-26-11-9-21)4-7-18(14)20-19(23)13-27-17-5-2-15(3-6-17)22(24)25/h2-7,12H,8-11,13H2,1H3,(H,20,23). The van der Waals surface area contributed by atoms with Gasteiger partial charge in [0.25, 0.3) is 5.69 Å². The third-order valence-corrected chi connectivity index (χ3v) is 5.29. The molecule has 142 valence electrons. The van der Waals surface area contributed by atoms with E-state index in [1.165, 1.54) is 23.9 Å². The van der Waals surface area contributed by atoms with Gasteiger partial charge in [0.2, 0.25) is 5.91 Å². The molecule has 27 heavy (non-hydrogen) atoms. The highest BCUT2D eigenvalue weighted by Gasteiger charge is 2.13. The van der Waals surface area contributed by atoms with Gasteiger partial charge in [0.15, 0.2) is 0 Å². The zero-order valence-corrected chi connectivity index (χ0v) is 15.8. The molecule has 0 atom stereocenters. The molecule has 8 heteroatoms. The van der Waals surface area contributed by atoms with Crippen LogP contribution in [0.15, 0.2) is 47.4 Å². The molecule has 1 aliphatic rings. The molecule has 0 spiro atoms. The van der Waals surface area contributed by atoms with Crippen LogP contribution in [0.2, 0.25) is 0 Å². The third-order valence-electron chi connectivity index (χ3n) is 4.28. The fourth-order valence-corrected chi connectivity index (χ4v) is 3.50. The fraction of sp³-hybridized carbons (Fsp3) is 0.316. The van der Waals surface area contributed by atoms with Crippen LogP contribution in [0.25, 0.3) is 0 Å². The highest BCUT2D eigenvalue weighted by Crippen LogP contribution is 2.25. The van der Waals surface area contributed by atoms with Crippen LogP contribution in [0.5, 0.6) is 0 Å². The molecule has 0 radical (unpaired) electrons. The molecule has 0 aromatic heterocycles. The number of amides is 1. The Kier molecular flexibility index (Phi) is 6.31. The molecule has 1 saturated heterocycles. The van der Waals surface area contributed by atoms with Gasteiger partial charge in [0, 0.05) is 41.5 Å². The Hall–Kier alpha value is -2.58. The number of thioether (sulfide) groups is 1. The van der Waals surface area contributed by atoms with Crippen LogP contribution in [0.4, 0.5) is 17.1 Å². The topological polar surface area (TPSA) is 84.7 Å². The van der Waals surface area contributed by atoms with Crippen LogP contribution in [-0.2, 0) is 9.53 Å². The van der Waals surface area contributed by atoms with Crippen LogP contribution in [0.1, 0.15) is 5.56 Å². The minimum atomic E-state index is -0.440. The minimum Gasteiger partial charge on any atom is -0.378 e. The van der Waals surface area contributed by atoms with Gasteiger partial charge in [-0.25, -0.2) is 0 Å². The Morgan fingerprint density at radius 1 is 1.22 bits per heavy atom. The summed E-state index contributed by atoms with van der Waals surface area (Å²) in [4.78, 5) is 25.5. The predicted octanol–water partition coefficient (Wildman–Crippen LogP) is 3.47. The van der Waals surface area contributed by atoms with E-state index in [1.54, 1.807) is 12.1 Å². The number of ether oxygens (including phenoxy) is 1. The van der Waals surface area contributed by atoms with E-state index in [2.05, 4.69) is 16.3 Å². The molecule has 2 aromatic carbocycles. The molecule has 0 aliphatic carbocycles. The van der Waals surface area contributed by atoms with E-state index in [1.807, 2.05) is 19.1 Å². The average molecular weight is 387 g/mol. The van der Waals surface area contributed by atoms with Gasteiger partial charge in [-0.3, -0.25) is 14.9 Å². The van der Waals surface area contributed by atoms with Crippen molar-refractivity contribution in [3.8, 4) is 0 Å². The summed E-state index contributed by atoms with van der Waals surface area (Å²) in [5.74, 6) is 0.128. The maximum Gasteiger partial charge on any atom is 0.269 e. The molecular formula is C19H21N3O4S. The van der Waals surface area contributed by atoms with Crippen molar-refractivity contribution in [2.24, 2.45) is 0 Å². The first-order valence-corrected chi connectivity index (χ1v) is 9.62. The molecule has 1 aliphatic heterocycles. The lowest BCUT2D eigenvalue weighted by atomic mass is 10.1. The molecule has 3 rings (SSSR count). The number of carbonyl (C=O) groups is 1. The van der Waals surface area contributed by atoms with Gasteiger partial charge in [-0.15, -0.1) is 11.8 Å². The number of nitro benzene ring substituents is 1. The Morgan fingerprint density at radius 3 is 2.56 bits per heavy atom. The zero-order valence-electron chi connectivity index (χ0n) is 15.0. The summed E-state index contributed by atoms with van der Waals surface area (Å²) in [7, 11) is 0. The maximum atomic E-state index is 12.2. The highest BCUT2D eigenvalue weighted by atomic mass is 32.2. The average Bonchev–Trinajstić information content (AvgIpc) is 2.69. The van der Waals surface area contributed by atoms with E-state index in [4.69, 9.17) is 4.74 Å². The molecule has 1 fully saturated rings. The Bertz CT molecular complexity index is 820. The lowest BCUT2D eigenvalue weighted by Crippen LogP contribution is -2.36. The van der Waals surface area contributed by atoms with Crippen molar-refractivity contribution in [1.29, 1.82) is 0 Å². The summed E-state index contributed by atoms with van der Waals surface area (Å²) >= 11 is 1.34. The van der Waals surface area contributed by atoms with Gasteiger partial charge in [-0.1, -0.05) is 0 Å². The van der Waals surface area contributed by atoms with Crippen LogP contribution in [0, 0.1) is 17.0 Å². The lowest BCUT2D eigenvalue weighted by molar-refractivity contribution is -0.384. The largest absolute Gasteiger partial charge is 0.378 e. The Labute approximate surface area is 161 Å². The lowest BCUT2D eigenvalue weighted by Gasteiger charge is -2.29. The number of carbonyl (C=O) groups excluding carboxylic acids is 1. The van der Waals surface area contributed by atoms with Gasteiger partial charge < -0.3 is 15.0 Å². The van der Waals surface area contributed by atoms with E-state index in [9.17, 15) is 14.9 Å². The number of nitrogens with one attached hydrogen (secondary N) is 1. The number of benzene rings is 2. The second-order valence-electron chi connectivity index (χ2n) is 6.19. The maximum absolute atomic E-state index is 12.2. The Morgan fingerprint density at radius 2 is 1.93 bits per heavy atom. The van der Waals surface area contributed by atoms with Crippen molar-refractivity contribution < 1.29 is 14.5 Å². The summed E-state index contributed by atoms with van der Waals surface area (Å²) in [6, 6.07) is 12.2. The third kappa shape index (κ3) is 5.21. The van der Waals surface area contributed by atoms with Gasteiger partial charge in [0.1, 0.15) is 0 Å².